The van der Waals surface area contributed by atoms with Gasteiger partial charge in [-0.1, -0.05) is 42.5 Å². The molecule has 31 heavy (non-hydrogen) atoms. The summed E-state index contributed by atoms with van der Waals surface area (Å²) in [5.41, 5.74) is 2.64. The molecule has 0 saturated heterocycles. The van der Waals surface area contributed by atoms with Crippen molar-refractivity contribution in [2.24, 2.45) is 5.92 Å². The lowest BCUT2D eigenvalue weighted by Gasteiger charge is -2.24. The molecular formula is C25H20N2O3S. The normalized spacial score (nSPS) is 23.8. The Morgan fingerprint density at radius 1 is 0.903 bits per heavy atom. The standard InChI is InChI=1S/C25H20N2O3S/c28-22-19-8-3-4-9-20(19)23(29)27(22)15-18-12-25(18,21-10-5-11-31-21)24(30)26-13-16-6-1-2-7-17(16)14-26/h1-11,18H,12-15H2/t18-,25-/m0/s1. The smallest absolute Gasteiger partial charge is 0.261 e. The van der Waals surface area contributed by atoms with Gasteiger partial charge in [0.2, 0.25) is 5.91 Å². The monoisotopic (exact) mass is 428 g/mol. The summed E-state index contributed by atoms with van der Waals surface area (Å²) in [7, 11) is 0. The minimum atomic E-state index is -0.647. The first-order valence-corrected chi connectivity index (χ1v) is 11.3. The molecule has 1 fully saturated rings. The zero-order valence-corrected chi connectivity index (χ0v) is 17.6. The third-order valence-electron chi connectivity index (χ3n) is 6.86. The number of carbonyl (C=O) groups excluding carboxylic acids is 3. The summed E-state index contributed by atoms with van der Waals surface area (Å²) in [5, 5.41) is 1.99. The van der Waals surface area contributed by atoms with Crippen molar-refractivity contribution in [3.8, 4) is 0 Å². The highest BCUT2D eigenvalue weighted by molar-refractivity contribution is 7.10. The molecule has 154 valence electrons. The first-order valence-electron chi connectivity index (χ1n) is 10.4. The summed E-state index contributed by atoms with van der Waals surface area (Å²) in [4.78, 5) is 43.8. The van der Waals surface area contributed by atoms with E-state index < -0.39 is 5.41 Å². The highest BCUT2D eigenvalue weighted by Crippen LogP contribution is 2.58. The number of rotatable bonds is 4. The molecule has 6 rings (SSSR count). The van der Waals surface area contributed by atoms with Crippen LogP contribution in [0.2, 0.25) is 0 Å². The molecule has 3 heterocycles. The minimum Gasteiger partial charge on any atom is -0.333 e. The van der Waals surface area contributed by atoms with Crippen LogP contribution in [-0.4, -0.2) is 34.1 Å². The number of hydrogen-bond donors (Lipinski definition) is 0. The van der Waals surface area contributed by atoms with Crippen molar-refractivity contribution in [3.63, 3.8) is 0 Å². The van der Waals surface area contributed by atoms with Crippen LogP contribution in [0.4, 0.5) is 0 Å². The molecule has 0 bridgehead atoms. The van der Waals surface area contributed by atoms with Gasteiger partial charge in [-0.3, -0.25) is 19.3 Å². The molecule has 5 nitrogen and oxygen atoms in total. The molecule has 3 amide bonds. The summed E-state index contributed by atoms with van der Waals surface area (Å²) in [6, 6.07) is 19.1. The van der Waals surface area contributed by atoms with E-state index in [4.69, 9.17) is 0 Å². The Kier molecular flexibility index (Phi) is 3.96. The third-order valence-corrected chi connectivity index (χ3v) is 7.90. The Hall–Kier alpha value is -3.25. The minimum absolute atomic E-state index is 0.0652. The summed E-state index contributed by atoms with van der Waals surface area (Å²) < 4.78 is 0. The van der Waals surface area contributed by atoms with Crippen LogP contribution in [0, 0.1) is 5.92 Å². The van der Waals surface area contributed by atoms with Gasteiger partial charge in [-0.25, -0.2) is 0 Å². The second-order valence-corrected chi connectivity index (χ2v) is 9.49. The van der Waals surface area contributed by atoms with Gasteiger partial charge in [-0.05, 0) is 47.0 Å². The second kappa shape index (κ2) is 6.62. The summed E-state index contributed by atoms with van der Waals surface area (Å²) >= 11 is 1.58. The number of hydrogen-bond acceptors (Lipinski definition) is 4. The van der Waals surface area contributed by atoms with Crippen LogP contribution in [0.5, 0.6) is 0 Å². The fraction of sp³-hybridized carbons (Fsp3) is 0.240. The quantitative estimate of drug-likeness (QED) is 0.593. The van der Waals surface area contributed by atoms with Crippen LogP contribution in [0.1, 0.15) is 43.1 Å². The Morgan fingerprint density at radius 3 is 2.10 bits per heavy atom. The molecule has 0 N–H and O–H groups in total. The maximum Gasteiger partial charge on any atom is 0.261 e. The molecule has 6 heteroatoms. The number of nitrogens with zero attached hydrogens (tertiary/aromatic N) is 2. The molecule has 0 spiro atoms. The van der Waals surface area contributed by atoms with Crippen molar-refractivity contribution in [2.45, 2.75) is 24.9 Å². The SMILES string of the molecule is O=C1c2ccccc2C(=O)N1C[C@@H]1C[C@@]1(C(=O)N1Cc2ccccc2C1)c1cccs1. The van der Waals surface area contributed by atoms with Gasteiger partial charge >= 0.3 is 0 Å². The number of carbonyl (C=O) groups is 3. The first-order chi connectivity index (χ1) is 15.1. The van der Waals surface area contributed by atoms with Gasteiger partial charge < -0.3 is 4.90 Å². The molecule has 0 unspecified atom stereocenters. The van der Waals surface area contributed by atoms with E-state index in [1.54, 1.807) is 35.6 Å². The van der Waals surface area contributed by atoms with Gasteiger partial charge in [0.25, 0.3) is 11.8 Å². The lowest BCUT2D eigenvalue weighted by Crippen LogP contribution is -2.39. The highest BCUT2D eigenvalue weighted by Gasteiger charge is 2.64. The Labute approximate surface area is 183 Å². The van der Waals surface area contributed by atoms with Crippen LogP contribution in [0.15, 0.2) is 66.0 Å². The molecule has 1 saturated carbocycles. The van der Waals surface area contributed by atoms with Crippen molar-refractivity contribution < 1.29 is 14.4 Å². The van der Waals surface area contributed by atoms with Gasteiger partial charge in [0, 0.05) is 24.5 Å². The number of amides is 3. The van der Waals surface area contributed by atoms with Gasteiger partial charge in [-0.15, -0.1) is 11.3 Å². The van der Waals surface area contributed by atoms with Crippen molar-refractivity contribution in [2.75, 3.05) is 6.54 Å². The van der Waals surface area contributed by atoms with E-state index in [0.29, 0.717) is 30.6 Å². The second-order valence-electron chi connectivity index (χ2n) is 8.55. The molecule has 3 aliphatic rings. The van der Waals surface area contributed by atoms with Crippen molar-refractivity contribution >= 4 is 29.1 Å². The molecule has 2 aliphatic heterocycles. The summed E-state index contributed by atoms with van der Waals surface area (Å²) in [6.45, 7) is 1.50. The molecule has 2 aromatic carbocycles. The predicted molar refractivity (Wildman–Crippen MR) is 117 cm³/mol. The largest absolute Gasteiger partial charge is 0.333 e. The molecular weight excluding hydrogens is 408 g/mol. The predicted octanol–water partition coefficient (Wildman–Crippen LogP) is 3.84. The Morgan fingerprint density at radius 2 is 1.52 bits per heavy atom. The molecule has 1 aromatic heterocycles. The van der Waals surface area contributed by atoms with E-state index in [1.807, 2.05) is 34.5 Å². The zero-order chi connectivity index (χ0) is 21.2. The van der Waals surface area contributed by atoms with Crippen LogP contribution in [0.25, 0.3) is 0 Å². The number of fused-ring (bicyclic) bond motifs is 2. The first kappa shape index (κ1) is 18.5. The maximum absolute atomic E-state index is 13.8. The summed E-state index contributed by atoms with van der Waals surface area (Å²) in [5.74, 6) is -0.473. The summed E-state index contributed by atoms with van der Waals surface area (Å²) in [6.07, 6.45) is 0.659. The van der Waals surface area contributed by atoms with E-state index in [0.717, 1.165) is 4.88 Å². The molecule has 1 aliphatic carbocycles. The van der Waals surface area contributed by atoms with Crippen molar-refractivity contribution in [1.29, 1.82) is 0 Å². The topological polar surface area (TPSA) is 57.7 Å². The lowest BCUT2D eigenvalue weighted by molar-refractivity contribution is -0.135. The average molecular weight is 429 g/mol. The number of imide groups is 1. The van der Waals surface area contributed by atoms with Crippen molar-refractivity contribution in [1.82, 2.24) is 9.80 Å². The Balaban J connectivity index is 1.28. The van der Waals surface area contributed by atoms with E-state index in [-0.39, 0.29) is 30.2 Å². The van der Waals surface area contributed by atoms with Crippen LogP contribution < -0.4 is 0 Å². The molecule has 2 atom stereocenters. The maximum atomic E-state index is 13.8. The van der Waals surface area contributed by atoms with E-state index in [1.165, 1.54) is 16.0 Å². The van der Waals surface area contributed by atoms with Gasteiger partial charge in [0.1, 0.15) is 0 Å². The average Bonchev–Trinajstić information content (AvgIpc) is 3.15. The molecule has 3 aromatic rings. The van der Waals surface area contributed by atoms with Crippen molar-refractivity contribution in [3.05, 3.63) is 93.2 Å². The van der Waals surface area contributed by atoms with E-state index in [9.17, 15) is 14.4 Å². The fourth-order valence-electron chi connectivity index (χ4n) is 5.14. The van der Waals surface area contributed by atoms with Crippen LogP contribution >= 0.6 is 11.3 Å². The number of benzene rings is 2. The van der Waals surface area contributed by atoms with Crippen LogP contribution in [-0.2, 0) is 23.3 Å². The van der Waals surface area contributed by atoms with E-state index >= 15 is 0 Å². The zero-order valence-electron chi connectivity index (χ0n) is 16.8. The van der Waals surface area contributed by atoms with E-state index in [2.05, 4.69) is 12.1 Å². The number of thiophene rings is 1. The Bertz CT molecular complexity index is 1180. The lowest BCUT2D eigenvalue weighted by atomic mass is 9.99. The van der Waals surface area contributed by atoms with Gasteiger partial charge in [0.15, 0.2) is 0 Å². The van der Waals surface area contributed by atoms with Gasteiger partial charge in [0.05, 0.1) is 16.5 Å². The highest BCUT2D eigenvalue weighted by atomic mass is 32.1. The molecule has 0 radical (unpaired) electrons. The fourth-order valence-corrected chi connectivity index (χ4v) is 6.14. The third kappa shape index (κ3) is 2.64. The van der Waals surface area contributed by atoms with Crippen LogP contribution in [0.3, 0.4) is 0 Å². The van der Waals surface area contributed by atoms with Gasteiger partial charge in [-0.2, -0.15) is 0 Å².